The Bertz CT molecular complexity index is 764. The van der Waals surface area contributed by atoms with Crippen molar-refractivity contribution in [3.8, 4) is 11.5 Å². The van der Waals surface area contributed by atoms with Gasteiger partial charge in [0.1, 0.15) is 5.82 Å². The maximum atomic E-state index is 13.0. The van der Waals surface area contributed by atoms with Crippen LogP contribution in [-0.2, 0) is 4.79 Å². The molecule has 0 spiro atoms. The minimum absolute atomic E-state index is 0.139. The van der Waals surface area contributed by atoms with E-state index in [0.717, 1.165) is 25.4 Å². The summed E-state index contributed by atoms with van der Waals surface area (Å²) in [6, 6.07) is 5.89. The number of benzene rings is 1. The van der Waals surface area contributed by atoms with Gasteiger partial charge >= 0.3 is 0 Å². The van der Waals surface area contributed by atoms with Gasteiger partial charge < -0.3 is 9.32 Å². The standard InChI is InChI=1S/C19H22FN3O2S/c20-16-7-5-14(6-8-16)18-21-22-19(25-18)26-12-17(24)23-10-9-13-3-1-2-4-15(13)11-23/h5-8,13,15H,1-4,9-12H2/t13-,15-/m0/s1. The number of likely N-dealkylation sites (tertiary alicyclic amines) is 1. The first-order valence-electron chi connectivity index (χ1n) is 9.19. The number of hydrogen-bond donors (Lipinski definition) is 0. The van der Waals surface area contributed by atoms with Crippen LogP contribution in [0.4, 0.5) is 4.39 Å². The SMILES string of the molecule is O=C(CSc1nnc(-c2ccc(F)cc2)o1)N1CC[C@@H]2CCCC[C@H]2C1. The molecule has 1 aromatic carbocycles. The van der Waals surface area contributed by atoms with E-state index < -0.39 is 0 Å². The number of fused-ring (bicyclic) bond motifs is 1. The van der Waals surface area contributed by atoms with E-state index in [1.165, 1.54) is 49.6 Å². The maximum absolute atomic E-state index is 13.0. The fourth-order valence-corrected chi connectivity index (χ4v) is 4.69. The molecular formula is C19H22FN3O2S. The third kappa shape index (κ3) is 3.92. The monoisotopic (exact) mass is 375 g/mol. The fourth-order valence-electron chi connectivity index (χ4n) is 4.02. The number of rotatable bonds is 4. The molecule has 2 fully saturated rings. The number of thioether (sulfide) groups is 1. The molecule has 0 bridgehead atoms. The summed E-state index contributed by atoms with van der Waals surface area (Å²) in [5.74, 6) is 1.97. The van der Waals surface area contributed by atoms with Crippen LogP contribution in [0.3, 0.4) is 0 Å². The molecule has 7 heteroatoms. The lowest BCUT2D eigenvalue weighted by molar-refractivity contribution is -0.131. The summed E-state index contributed by atoms with van der Waals surface area (Å²) in [6.45, 7) is 1.76. The van der Waals surface area contributed by atoms with Crippen molar-refractivity contribution >= 4 is 17.7 Å². The normalized spacial score (nSPS) is 22.9. The Morgan fingerprint density at radius 2 is 1.92 bits per heavy atom. The number of nitrogens with zero attached hydrogens (tertiary/aromatic N) is 3. The van der Waals surface area contributed by atoms with Crippen molar-refractivity contribution in [1.82, 2.24) is 15.1 Å². The van der Waals surface area contributed by atoms with Gasteiger partial charge in [0.25, 0.3) is 5.22 Å². The Balaban J connectivity index is 1.31. The number of amides is 1. The molecule has 0 radical (unpaired) electrons. The average Bonchev–Trinajstić information content (AvgIpc) is 3.15. The van der Waals surface area contributed by atoms with E-state index in [9.17, 15) is 9.18 Å². The average molecular weight is 375 g/mol. The molecule has 138 valence electrons. The largest absolute Gasteiger partial charge is 0.411 e. The van der Waals surface area contributed by atoms with Crippen LogP contribution >= 0.6 is 11.8 Å². The van der Waals surface area contributed by atoms with Gasteiger partial charge in [-0.25, -0.2) is 4.39 Å². The van der Waals surface area contributed by atoms with Crippen LogP contribution in [0.25, 0.3) is 11.5 Å². The smallest absolute Gasteiger partial charge is 0.277 e. The molecule has 2 heterocycles. The molecule has 5 nitrogen and oxygen atoms in total. The molecule has 1 saturated heterocycles. The zero-order chi connectivity index (χ0) is 17.9. The third-order valence-corrected chi connectivity index (χ3v) is 6.26. The summed E-state index contributed by atoms with van der Waals surface area (Å²) < 4.78 is 18.6. The number of aromatic nitrogens is 2. The highest BCUT2D eigenvalue weighted by molar-refractivity contribution is 7.99. The van der Waals surface area contributed by atoms with Crippen LogP contribution in [0.5, 0.6) is 0 Å². The van der Waals surface area contributed by atoms with E-state index in [0.29, 0.717) is 28.3 Å². The second kappa shape index (κ2) is 7.78. The van der Waals surface area contributed by atoms with Crippen molar-refractivity contribution in [1.29, 1.82) is 0 Å². The minimum Gasteiger partial charge on any atom is -0.411 e. The summed E-state index contributed by atoms with van der Waals surface area (Å²) in [6.07, 6.45) is 6.36. The van der Waals surface area contributed by atoms with Gasteiger partial charge in [-0.2, -0.15) is 0 Å². The van der Waals surface area contributed by atoms with Gasteiger partial charge in [0.05, 0.1) is 5.75 Å². The lowest BCUT2D eigenvalue weighted by atomic mass is 9.75. The van der Waals surface area contributed by atoms with Crippen molar-refractivity contribution in [2.75, 3.05) is 18.8 Å². The van der Waals surface area contributed by atoms with E-state index in [4.69, 9.17) is 4.42 Å². The summed E-state index contributed by atoms with van der Waals surface area (Å²) >= 11 is 1.26. The molecule has 1 aliphatic heterocycles. The lowest BCUT2D eigenvalue weighted by Gasteiger charge is -2.41. The van der Waals surface area contributed by atoms with E-state index in [-0.39, 0.29) is 11.7 Å². The third-order valence-electron chi connectivity index (χ3n) is 5.46. The van der Waals surface area contributed by atoms with Crippen molar-refractivity contribution in [3.63, 3.8) is 0 Å². The number of halogens is 1. The van der Waals surface area contributed by atoms with E-state index in [1.54, 1.807) is 12.1 Å². The highest BCUT2D eigenvalue weighted by Gasteiger charge is 2.32. The van der Waals surface area contributed by atoms with E-state index >= 15 is 0 Å². The van der Waals surface area contributed by atoms with Crippen LogP contribution in [0.1, 0.15) is 32.1 Å². The molecule has 4 rings (SSSR count). The van der Waals surface area contributed by atoms with Crippen molar-refractivity contribution in [2.45, 2.75) is 37.3 Å². The molecular weight excluding hydrogens is 353 g/mol. The lowest BCUT2D eigenvalue weighted by Crippen LogP contribution is -2.45. The van der Waals surface area contributed by atoms with Gasteiger partial charge in [-0.3, -0.25) is 4.79 Å². The molecule has 1 saturated carbocycles. The molecule has 0 unspecified atom stereocenters. The Morgan fingerprint density at radius 1 is 1.15 bits per heavy atom. The van der Waals surface area contributed by atoms with Crippen LogP contribution in [-0.4, -0.2) is 39.8 Å². The quantitative estimate of drug-likeness (QED) is 0.756. The van der Waals surface area contributed by atoms with Gasteiger partial charge in [-0.05, 0) is 48.9 Å². The fraction of sp³-hybridized carbons (Fsp3) is 0.526. The van der Waals surface area contributed by atoms with Gasteiger partial charge in [0.2, 0.25) is 11.8 Å². The molecule has 26 heavy (non-hydrogen) atoms. The first-order valence-corrected chi connectivity index (χ1v) is 10.2. The molecule has 0 N–H and O–H groups in total. The predicted molar refractivity (Wildman–Crippen MR) is 97.1 cm³/mol. The maximum Gasteiger partial charge on any atom is 0.277 e. The summed E-state index contributed by atoms with van der Waals surface area (Å²) in [5, 5.41) is 8.32. The van der Waals surface area contributed by atoms with Crippen LogP contribution in [0.2, 0.25) is 0 Å². The highest BCUT2D eigenvalue weighted by Crippen LogP contribution is 2.36. The molecule has 2 aromatic rings. The number of carbonyl (C=O) groups excluding carboxylic acids is 1. The Labute approximate surface area is 156 Å². The predicted octanol–water partition coefficient (Wildman–Crippen LogP) is 4.01. The number of piperidine rings is 1. The first-order chi connectivity index (χ1) is 12.7. The van der Waals surface area contributed by atoms with Crippen LogP contribution in [0.15, 0.2) is 33.9 Å². The molecule has 2 atom stereocenters. The van der Waals surface area contributed by atoms with E-state index in [2.05, 4.69) is 10.2 Å². The second-order valence-electron chi connectivity index (χ2n) is 7.10. The number of carbonyl (C=O) groups is 1. The summed E-state index contributed by atoms with van der Waals surface area (Å²) in [5.41, 5.74) is 0.663. The Hall–Kier alpha value is -1.89. The topological polar surface area (TPSA) is 59.2 Å². The van der Waals surface area contributed by atoms with Gasteiger partial charge in [-0.15, -0.1) is 10.2 Å². The van der Waals surface area contributed by atoms with Gasteiger partial charge in [0, 0.05) is 18.7 Å². The van der Waals surface area contributed by atoms with Gasteiger partial charge in [-0.1, -0.05) is 31.0 Å². The Morgan fingerprint density at radius 3 is 2.73 bits per heavy atom. The Kier molecular flexibility index (Phi) is 5.24. The summed E-state index contributed by atoms with van der Waals surface area (Å²) in [4.78, 5) is 14.5. The zero-order valence-corrected chi connectivity index (χ0v) is 15.4. The summed E-state index contributed by atoms with van der Waals surface area (Å²) in [7, 11) is 0. The molecule has 1 aromatic heterocycles. The van der Waals surface area contributed by atoms with Crippen molar-refractivity contribution < 1.29 is 13.6 Å². The van der Waals surface area contributed by atoms with Crippen LogP contribution < -0.4 is 0 Å². The highest BCUT2D eigenvalue weighted by atomic mass is 32.2. The zero-order valence-electron chi connectivity index (χ0n) is 14.6. The molecule has 1 amide bonds. The number of hydrogen-bond acceptors (Lipinski definition) is 5. The minimum atomic E-state index is -0.310. The first kappa shape index (κ1) is 17.5. The molecule has 1 aliphatic carbocycles. The van der Waals surface area contributed by atoms with Crippen molar-refractivity contribution in [2.24, 2.45) is 11.8 Å². The van der Waals surface area contributed by atoms with Crippen molar-refractivity contribution in [3.05, 3.63) is 30.1 Å². The van der Waals surface area contributed by atoms with Crippen LogP contribution in [0, 0.1) is 17.7 Å². The van der Waals surface area contributed by atoms with Gasteiger partial charge in [0.15, 0.2) is 0 Å². The molecule has 2 aliphatic rings. The second-order valence-corrected chi connectivity index (χ2v) is 8.03. The van der Waals surface area contributed by atoms with E-state index in [1.807, 2.05) is 4.90 Å².